The lowest BCUT2D eigenvalue weighted by atomic mass is 10.4. The van der Waals surface area contributed by atoms with Crippen LogP contribution in [0, 0.1) is 10.1 Å². The van der Waals surface area contributed by atoms with Gasteiger partial charge in [-0.1, -0.05) is 0 Å². The van der Waals surface area contributed by atoms with Crippen molar-refractivity contribution in [3.8, 4) is 0 Å². The zero-order valence-corrected chi connectivity index (χ0v) is 8.68. The molecule has 1 aromatic heterocycles. The molecule has 0 fully saturated rings. The molecule has 0 atom stereocenters. The highest BCUT2D eigenvalue weighted by Crippen LogP contribution is 2.08. The van der Waals surface area contributed by atoms with Crippen LogP contribution >= 0.6 is 11.7 Å². The molecule has 2 heterocycles. The van der Waals surface area contributed by atoms with Crippen LogP contribution in [0.4, 0.5) is 0 Å². The molecule has 8 heteroatoms. The molecule has 1 aliphatic heterocycles. The largest absolute Gasteiger partial charge is 0.347 e. The second-order valence-corrected chi connectivity index (χ2v) is 3.67. The van der Waals surface area contributed by atoms with Crippen LogP contribution in [0.5, 0.6) is 0 Å². The van der Waals surface area contributed by atoms with Crippen LogP contribution < -0.4 is 0 Å². The van der Waals surface area contributed by atoms with E-state index in [1.807, 2.05) is 4.90 Å². The average molecular weight is 227 g/mol. The third-order valence-electron chi connectivity index (χ3n) is 2.06. The number of amidine groups is 1. The number of aliphatic imine (C=N–C) groups is 1. The van der Waals surface area contributed by atoms with Gasteiger partial charge in [-0.2, -0.15) is 8.75 Å². The van der Waals surface area contributed by atoms with E-state index >= 15 is 0 Å². The van der Waals surface area contributed by atoms with Crippen molar-refractivity contribution in [2.75, 3.05) is 19.6 Å². The molecule has 0 unspecified atom stereocenters. The third kappa shape index (κ3) is 2.46. The molecule has 0 amide bonds. The van der Waals surface area contributed by atoms with E-state index in [0.29, 0.717) is 18.9 Å². The molecular formula is C7H9N5O2S. The minimum absolute atomic E-state index is 0.211. The first-order valence-electron chi connectivity index (χ1n) is 4.42. The summed E-state index contributed by atoms with van der Waals surface area (Å²) in [6.07, 6.45) is 1.67. The van der Waals surface area contributed by atoms with Gasteiger partial charge in [0.2, 0.25) is 0 Å². The zero-order valence-electron chi connectivity index (χ0n) is 7.87. The third-order valence-corrected chi connectivity index (χ3v) is 2.58. The Morgan fingerprint density at radius 2 is 2.53 bits per heavy atom. The van der Waals surface area contributed by atoms with Gasteiger partial charge >= 0.3 is 0 Å². The number of hydrogen-bond donors (Lipinski definition) is 0. The molecule has 15 heavy (non-hydrogen) atoms. The van der Waals surface area contributed by atoms with Crippen LogP contribution in [0.3, 0.4) is 0 Å². The lowest BCUT2D eigenvalue weighted by molar-refractivity contribution is -0.464. The first kappa shape index (κ1) is 9.97. The van der Waals surface area contributed by atoms with Crippen molar-refractivity contribution in [2.24, 2.45) is 4.99 Å². The molecule has 0 radical (unpaired) electrons. The zero-order chi connectivity index (χ0) is 10.7. The van der Waals surface area contributed by atoms with Crippen LogP contribution in [-0.4, -0.2) is 44.0 Å². The molecule has 1 aliphatic rings. The van der Waals surface area contributed by atoms with E-state index in [0.717, 1.165) is 24.0 Å². The summed E-state index contributed by atoms with van der Waals surface area (Å²) in [5, 5.41) is 10.4. The molecule has 0 aliphatic carbocycles. The topological polar surface area (TPSA) is 84.5 Å². The van der Waals surface area contributed by atoms with Crippen molar-refractivity contribution in [3.63, 3.8) is 0 Å². The molecule has 0 spiro atoms. The lowest BCUT2D eigenvalue weighted by Crippen LogP contribution is -2.32. The molecule has 0 saturated heterocycles. The SMILES string of the molecule is O=[N+]([O-])CC1=NCCN1Cc1cnsn1. The minimum Gasteiger partial charge on any atom is -0.347 e. The number of hydrogen-bond acceptors (Lipinski definition) is 7. The maximum Gasteiger partial charge on any atom is 0.260 e. The van der Waals surface area contributed by atoms with Gasteiger partial charge in [-0.05, 0) is 0 Å². The van der Waals surface area contributed by atoms with E-state index in [-0.39, 0.29) is 11.5 Å². The normalized spacial score (nSPS) is 15.5. The van der Waals surface area contributed by atoms with Gasteiger partial charge in [-0.25, -0.2) is 0 Å². The monoisotopic (exact) mass is 227 g/mol. The summed E-state index contributed by atoms with van der Waals surface area (Å²) >= 11 is 1.14. The molecule has 0 bridgehead atoms. The van der Waals surface area contributed by atoms with E-state index in [9.17, 15) is 10.1 Å². The van der Waals surface area contributed by atoms with Crippen molar-refractivity contribution in [3.05, 3.63) is 22.0 Å². The Balaban J connectivity index is 1.98. The fourth-order valence-electron chi connectivity index (χ4n) is 1.41. The number of aromatic nitrogens is 2. The fourth-order valence-corrected chi connectivity index (χ4v) is 1.84. The van der Waals surface area contributed by atoms with Gasteiger partial charge in [0.1, 0.15) is 0 Å². The minimum atomic E-state index is -0.365. The van der Waals surface area contributed by atoms with E-state index < -0.39 is 0 Å². The van der Waals surface area contributed by atoms with E-state index in [2.05, 4.69) is 13.7 Å². The molecule has 1 aromatic rings. The first-order valence-corrected chi connectivity index (χ1v) is 5.15. The van der Waals surface area contributed by atoms with Gasteiger partial charge in [-0.15, -0.1) is 0 Å². The van der Waals surface area contributed by atoms with Crippen LogP contribution in [0.1, 0.15) is 5.69 Å². The quantitative estimate of drug-likeness (QED) is 0.535. The highest BCUT2D eigenvalue weighted by atomic mass is 32.1. The number of rotatable bonds is 4. The molecular weight excluding hydrogens is 218 g/mol. The molecule has 0 N–H and O–H groups in total. The molecule has 7 nitrogen and oxygen atoms in total. The predicted molar refractivity (Wildman–Crippen MR) is 54.5 cm³/mol. The Hall–Kier alpha value is -1.57. The van der Waals surface area contributed by atoms with Gasteiger partial charge in [-0.3, -0.25) is 15.1 Å². The standard InChI is InChI=1S/C7H9N5O2S/c13-12(14)5-7-8-1-2-11(7)4-6-3-9-15-10-6/h3H,1-2,4-5H2. The van der Waals surface area contributed by atoms with Gasteiger partial charge in [0.05, 0.1) is 36.7 Å². The van der Waals surface area contributed by atoms with Gasteiger partial charge in [0, 0.05) is 11.5 Å². The Bertz CT molecular complexity index is 377. The lowest BCUT2D eigenvalue weighted by Gasteiger charge is -2.15. The molecule has 0 aromatic carbocycles. The summed E-state index contributed by atoms with van der Waals surface area (Å²) < 4.78 is 7.94. The summed E-state index contributed by atoms with van der Waals surface area (Å²) in [4.78, 5) is 16.0. The van der Waals surface area contributed by atoms with Crippen LogP contribution in [0.15, 0.2) is 11.2 Å². The van der Waals surface area contributed by atoms with E-state index in [4.69, 9.17) is 0 Å². The van der Waals surface area contributed by atoms with Crippen LogP contribution in [-0.2, 0) is 6.54 Å². The van der Waals surface area contributed by atoms with Crippen molar-refractivity contribution >= 4 is 17.6 Å². The highest BCUT2D eigenvalue weighted by molar-refractivity contribution is 6.99. The van der Waals surface area contributed by atoms with Crippen molar-refractivity contribution < 1.29 is 4.92 Å². The maximum atomic E-state index is 10.4. The van der Waals surface area contributed by atoms with Gasteiger partial charge in [0.15, 0.2) is 5.84 Å². The van der Waals surface area contributed by atoms with Crippen LogP contribution in [0.2, 0.25) is 0 Å². The number of nitrogens with zero attached hydrogens (tertiary/aromatic N) is 5. The Morgan fingerprint density at radius 1 is 1.67 bits per heavy atom. The fraction of sp³-hybridized carbons (Fsp3) is 0.571. The number of nitro groups is 1. The van der Waals surface area contributed by atoms with E-state index in [1.165, 1.54) is 0 Å². The smallest absolute Gasteiger partial charge is 0.260 e. The maximum absolute atomic E-state index is 10.4. The predicted octanol–water partition coefficient (Wildman–Crippen LogP) is 0.0289. The van der Waals surface area contributed by atoms with E-state index in [1.54, 1.807) is 6.20 Å². The Morgan fingerprint density at radius 3 is 3.20 bits per heavy atom. The Labute approximate surface area is 89.9 Å². The summed E-state index contributed by atoms with van der Waals surface area (Å²) in [6.45, 7) is 1.70. The van der Waals surface area contributed by atoms with Crippen molar-refractivity contribution in [1.29, 1.82) is 0 Å². The second kappa shape index (κ2) is 4.30. The Kier molecular flexibility index (Phi) is 2.86. The average Bonchev–Trinajstić information content (AvgIpc) is 2.78. The van der Waals surface area contributed by atoms with Gasteiger partial charge < -0.3 is 4.90 Å². The summed E-state index contributed by atoms with van der Waals surface area (Å²) in [7, 11) is 0. The summed E-state index contributed by atoms with van der Waals surface area (Å²) in [5.41, 5.74) is 0.831. The van der Waals surface area contributed by atoms with Crippen molar-refractivity contribution in [2.45, 2.75) is 6.54 Å². The molecule has 80 valence electrons. The first-order chi connectivity index (χ1) is 7.25. The van der Waals surface area contributed by atoms with Gasteiger partial charge in [0.25, 0.3) is 6.54 Å². The van der Waals surface area contributed by atoms with Crippen LogP contribution in [0.25, 0.3) is 0 Å². The summed E-state index contributed by atoms with van der Waals surface area (Å²) in [6, 6.07) is 0. The molecule has 2 rings (SSSR count). The second-order valence-electron chi connectivity index (χ2n) is 3.11. The summed E-state index contributed by atoms with van der Waals surface area (Å²) in [5.74, 6) is 0.535. The molecule has 0 saturated carbocycles. The highest BCUT2D eigenvalue weighted by Gasteiger charge is 2.21. The van der Waals surface area contributed by atoms with Crippen molar-refractivity contribution in [1.82, 2.24) is 13.6 Å².